The van der Waals surface area contributed by atoms with Gasteiger partial charge in [0.05, 0.1) is 5.41 Å². The lowest BCUT2D eigenvalue weighted by Gasteiger charge is -2.34. The topological polar surface area (TPSA) is 60.2 Å². The number of ether oxygens (including phenoxy) is 1. The number of methoxy groups -OCH3 is 1. The van der Waals surface area contributed by atoms with Gasteiger partial charge in [-0.1, -0.05) is 19.0 Å². The summed E-state index contributed by atoms with van der Waals surface area (Å²) in [5.74, 6) is 1.91. The van der Waals surface area contributed by atoms with Crippen molar-refractivity contribution in [1.82, 2.24) is 15.5 Å². The van der Waals surface area contributed by atoms with E-state index in [2.05, 4.69) is 29.3 Å². The van der Waals surface area contributed by atoms with Crippen molar-refractivity contribution in [3.63, 3.8) is 0 Å². The predicted octanol–water partition coefficient (Wildman–Crippen LogP) is 1.85. The number of rotatable bonds is 5. The summed E-state index contributed by atoms with van der Waals surface area (Å²) >= 11 is 0. The monoisotopic (exact) mass is 253 g/mol. The molecule has 1 fully saturated rings. The van der Waals surface area contributed by atoms with Crippen LogP contribution in [0.2, 0.25) is 0 Å². The zero-order valence-corrected chi connectivity index (χ0v) is 11.5. The number of nitrogens with zero attached hydrogens (tertiary/aromatic N) is 2. The third-order valence-electron chi connectivity index (χ3n) is 3.76. The zero-order valence-electron chi connectivity index (χ0n) is 11.5. The lowest BCUT2D eigenvalue weighted by Crippen LogP contribution is -2.41. The highest BCUT2D eigenvalue weighted by Crippen LogP contribution is 2.36. The van der Waals surface area contributed by atoms with Crippen molar-refractivity contribution < 1.29 is 9.26 Å². The molecule has 0 spiro atoms. The molecule has 1 N–H and O–H groups in total. The molecule has 2 heterocycles. The average molecular weight is 253 g/mol. The van der Waals surface area contributed by atoms with Gasteiger partial charge in [-0.05, 0) is 32.4 Å². The molecule has 18 heavy (non-hydrogen) atoms. The Morgan fingerprint density at radius 2 is 2.11 bits per heavy atom. The quantitative estimate of drug-likeness (QED) is 0.867. The van der Waals surface area contributed by atoms with Crippen LogP contribution in [0, 0.1) is 0 Å². The molecule has 0 atom stereocenters. The van der Waals surface area contributed by atoms with Crippen LogP contribution in [-0.4, -0.2) is 36.9 Å². The lowest BCUT2D eigenvalue weighted by molar-refractivity contribution is 0.131. The lowest BCUT2D eigenvalue weighted by atomic mass is 9.76. The Morgan fingerprint density at radius 3 is 2.67 bits per heavy atom. The molecule has 1 aliphatic heterocycles. The third-order valence-corrected chi connectivity index (χ3v) is 3.76. The van der Waals surface area contributed by atoms with Crippen LogP contribution in [0.25, 0.3) is 0 Å². The maximum atomic E-state index is 5.52. The summed E-state index contributed by atoms with van der Waals surface area (Å²) in [4.78, 5) is 4.60. The molecule has 0 aliphatic carbocycles. The Balaban J connectivity index is 2.20. The molecule has 0 unspecified atom stereocenters. The first-order valence-corrected chi connectivity index (χ1v) is 6.72. The molecular formula is C13H23N3O2. The van der Waals surface area contributed by atoms with Gasteiger partial charge < -0.3 is 14.6 Å². The van der Waals surface area contributed by atoms with Gasteiger partial charge in [-0.2, -0.15) is 4.98 Å². The largest absolute Gasteiger partial charge is 0.385 e. The Labute approximate surface area is 108 Å². The van der Waals surface area contributed by atoms with Gasteiger partial charge in [-0.25, -0.2) is 0 Å². The molecule has 0 aromatic carbocycles. The van der Waals surface area contributed by atoms with Gasteiger partial charge in [0.2, 0.25) is 5.89 Å². The van der Waals surface area contributed by atoms with E-state index in [9.17, 15) is 0 Å². The molecule has 102 valence electrons. The van der Waals surface area contributed by atoms with Gasteiger partial charge in [0, 0.05) is 19.6 Å². The number of hydrogen-bond acceptors (Lipinski definition) is 5. The van der Waals surface area contributed by atoms with E-state index in [1.165, 1.54) is 0 Å². The smallest absolute Gasteiger partial charge is 0.233 e. The third kappa shape index (κ3) is 2.72. The van der Waals surface area contributed by atoms with Crippen LogP contribution in [-0.2, 0) is 10.2 Å². The molecule has 2 rings (SSSR count). The van der Waals surface area contributed by atoms with Crippen molar-refractivity contribution in [1.29, 1.82) is 0 Å². The summed E-state index contributed by atoms with van der Waals surface area (Å²) in [5, 5.41) is 7.48. The van der Waals surface area contributed by atoms with Crippen LogP contribution in [0.5, 0.6) is 0 Å². The molecule has 1 aromatic heterocycles. The van der Waals surface area contributed by atoms with Gasteiger partial charge in [0.15, 0.2) is 5.82 Å². The summed E-state index contributed by atoms with van der Waals surface area (Å²) in [6.45, 7) is 6.91. The van der Waals surface area contributed by atoms with E-state index in [1.807, 2.05) is 0 Å². The van der Waals surface area contributed by atoms with E-state index in [4.69, 9.17) is 9.26 Å². The number of piperidine rings is 1. The molecule has 0 radical (unpaired) electrons. The minimum Gasteiger partial charge on any atom is -0.385 e. The SMILES string of the molecule is COCCC1(c2nc(C(C)C)no2)CCNCC1. The Morgan fingerprint density at radius 1 is 1.39 bits per heavy atom. The van der Waals surface area contributed by atoms with Gasteiger partial charge in [-0.3, -0.25) is 0 Å². The standard InChI is InChI=1S/C13H23N3O2/c1-10(2)11-15-12(18-16-11)13(6-9-17-3)4-7-14-8-5-13/h10,14H,4-9H2,1-3H3. The Hall–Kier alpha value is -0.940. The highest BCUT2D eigenvalue weighted by molar-refractivity contribution is 5.08. The van der Waals surface area contributed by atoms with Gasteiger partial charge in [-0.15, -0.1) is 0 Å². The molecular weight excluding hydrogens is 230 g/mol. The van der Waals surface area contributed by atoms with Crippen molar-refractivity contribution in [2.24, 2.45) is 0 Å². The normalized spacial score (nSPS) is 19.3. The van der Waals surface area contributed by atoms with E-state index in [1.54, 1.807) is 7.11 Å². The van der Waals surface area contributed by atoms with Gasteiger partial charge in [0.1, 0.15) is 0 Å². The summed E-state index contributed by atoms with van der Waals surface area (Å²) in [6.07, 6.45) is 3.02. The Kier molecular flexibility index (Phi) is 4.35. The highest BCUT2D eigenvalue weighted by Gasteiger charge is 2.39. The molecule has 1 saturated heterocycles. The molecule has 0 amide bonds. The van der Waals surface area contributed by atoms with Crippen molar-refractivity contribution in [2.75, 3.05) is 26.8 Å². The minimum atomic E-state index is 0.00139. The van der Waals surface area contributed by atoms with Crippen LogP contribution in [0.4, 0.5) is 0 Å². The summed E-state index contributed by atoms with van der Waals surface area (Å²) in [6, 6.07) is 0. The van der Waals surface area contributed by atoms with Crippen LogP contribution in [0.3, 0.4) is 0 Å². The first-order valence-electron chi connectivity index (χ1n) is 6.72. The van der Waals surface area contributed by atoms with Crippen LogP contribution in [0.15, 0.2) is 4.52 Å². The number of nitrogens with one attached hydrogen (secondary N) is 1. The van der Waals surface area contributed by atoms with Gasteiger partial charge in [0.25, 0.3) is 0 Å². The van der Waals surface area contributed by atoms with Crippen LogP contribution in [0.1, 0.15) is 50.7 Å². The van der Waals surface area contributed by atoms with Gasteiger partial charge >= 0.3 is 0 Å². The fourth-order valence-electron chi connectivity index (χ4n) is 2.46. The maximum absolute atomic E-state index is 5.52. The highest BCUT2D eigenvalue weighted by atomic mass is 16.5. The van der Waals surface area contributed by atoms with E-state index in [0.29, 0.717) is 5.92 Å². The van der Waals surface area contributed by atoms with E-state index >= 15 is 0 Å². The summed E-state index contributed by atoms with van der Waals surface area (Å²) < 4.78 is 10.8. The summed E-state index contributed by atoms with van der Waals surface area (Å²) in [5.41, 5.74) is 0.00139. The van der Waals surface area contributed by atoms with Crippen LogP contribution < -0.4 is 5.32 Å². The molecule has 5 nitrogen and oxygen atoms in total. The fraction of sp³-hybridized carbons (Fsp3) is 0.846. The van der Waals surface area contributed by atoms with Crippen molar-refractivity contribution in [3.8, 4) is 0 Å². The first-order chi connectivity index (χ1) is 8.68. The van der Waals surface area contributed by atoms with Crippen molar-refractivity contribution in [3.05, 3.63) is 11.7 Å². The molecule has 5 heteroatoms. The van der Waals surface area contributed by atoms with E-state index in [-0.39, 0.29) is 5.41 Å². The van der Waals surface area contributed by atoms with E-state index < -0.39 is 0 Å². The van der Waals surface area contributed by atoms with Crippen molar-refractivity contribution >= 4 is 0 Å². The minimum absolute atomic E-state index is 0.00139. The average Bonchev–Trinajstić information content (AvgIpc) is 2.88. The maximum Gasteiger partial charge on any atom is 0.233 e. The number of aromatic nitrogens is 2. The van der Waals surface area contributed by atoms with E-state index in [0.717, 1.165) is 50.7 Å². The second-order valence-corrected chi connectivity index (χ2v) is 5.39. The molecule has 1 aromatic rings. The molecule has 1 aliphatic rings. The first kappa shape index (κ1) is 13.5. The van der Waals surface area contributed by atoms with Crippen molar-refractivity contribution in [2.45, 2.75) is 44.4 Å². The second-order valence-electron chi connectivity index (χ2n) is 5.39. The van der Waals surface area contributed by atoms with Crippen LogP contribution >= 0.6 is 0 Å². The zero-order chi connectivity index (χ0) is 13.0. The number of hydrogen-bond donors (Lipinski definition) is 1. The summed E-state index contributed by atoms with van der Waals surface area (Å²) in [7, 11) is 1.74. The Bertz CT molecular complexity index is 370. The fourth-order valence-corrected chi connectivity index (χ4v) is 2.46. The second kappa shape index (κ2) is 5.80. The molecule has 0 saturated carbocycles. The predicted molar refractivity (Wildman–Crippen MR) is 68.7 cm³/mol. The molecule has 0 bridgehead atoms.